The lowest BCUT2D eigenvalue weighted by atomic mass is 9.85. The number of amides is 2. The number of aromatic nitrogens is 2. The predicted octanol–water partition coefficient (Wildman–Crippen LogP) is 5.09. The van der Waals surface area contributed by atoms with Crippen molar-refractivity contribution in [2.45, 2.75) is 50.7 Å². The van der Waals surface area contributed by atoms with Gasteiger partial charge in [-0.15, -0.1) is 0 Å². The molecule has 1 aliphatic carbocycles. The van der Waals surface area contributed by atoms with E-state index >= 15 is 0 Å². The van der Waals surface area contributed by atoms with Crippen LogP contribution in [0.4, 0.5) is 18.9 Å². The number of carbonyl (C=O) groups is 2. The number of hydrogen-bond donors (Lipinski definition) is 2. The largest absolute Gasteiger partial charge is 0.370 e. The number of aliphatic hydroxyl groups is 1. The maximum atomic E-state index is 13.7. The van der Waals surface area contributed by atoms with Gasteiger partial charge in [0.05, 0.1) is 28.2 Å². The molecule has 0 spiro atoms. The van der Waals surface area contributed by atoms with Crippen LogP contribution in [-0.4, -0.2) is 39.5 Å². The molecule has 2 aliphatic rings. The van der Waals surface area contributed by atoms with Gasteiger partial charge in [0, 0.05) is 24.3 Å². The zero-order valence-corrected chi connectivity index (χ0v) is 21.8. The summed E-state index contributed by atoms with van der Waals surface area (Å²) in [6.45, 7) is 2.20. The molecule has 5 rings (SSSR count). The Bertz CT molecular complexity index is 1410. The highest BCUT2D eigenvalue weighted by molar-refractivity contribution is 6.30. The normalized spacial score (nSPS) is 22.7. The Kier molecular flexibility index (Phi) is 7.35. The highest BCUT2D eigenvalue weighted by atomic mass is 35.5. The molecule has 0 saturated heterocycles. The Labute approximate surface area is 228 Å². The second kappa shape index (κ2) is 10.6. The molecular weight excluding hydrogens is 533 g/mol. The molecule has 3 heterocycles. The van der Waals surface area contributed by atoms with Crippen LogP contribution in [0.5, 0.6) is 0 Å². The molecule has 3 aromatic rings. The summed E-state index contributed by atoms with van der Waals surface area (Å²) >= 11 is 5.88. The smallest absolute Gasteiger partial charge is 0.281 e. The van der Waals surface area contributed by atoms with Crippen molar-refractivity contribution in [1.82, 2.24) is 15.3 Å². The summed E-state index contributed by atoms with van der Waals surface area (Å²) in [5.41, 5.74) is -1.03. The fourth-order valence-corrected chi connectivity index (χ4v) is 5.71. The fourth-order valence-electron chi connectivity index (χ4n) is 5.55. The summed E-state index contributed by atoms with van der Waals surface area (Å²) in [5.74, 6) is -1.70. The average Bonchev–Trinajstić information content (AvgIpc) is 3.13. The van der Waals surface area contributed by atoms with Crippen LogP contribution >= 0.6 is 11.6 Å². The van der Waals surface area contributed by atoms with E-state index < -0.39 is 35.4 Å². The van der Waals surface area contributed by atoms with E-state index in [1.807, 2.05) is 13.0 Å². The standard InChI is InChI=1S/C28H26ClF3N4O3/c1-15-3-2-4-21-24(15)36(27(38)28(21,39)22-10-7-18(30)13-33-22)14-16-5-8-19(9-6-16)35-26(37)20-11-17(29)12-34-23(20)25(31)32/h2-4,7,10-13,16,19,25,39H,5-6,8-9,14H2,1H3,(H,35,37)/t16-,19-,28?. The summed E-state index contributed by atoms with van der Waals surface area (Å²) in [5, 5.41) is 14.5. The fraction of sp³-hybridized carbons (Fsp3) is 0.357. The highest BCUT2D eigenvalue weighted by Gasteiger charge is 2.53. The molecule has 2 aromatic heterocycles. The van der Waals surface area contributed by atoms with Crippen molar-refractivity contribution in [3.63, 3.8) is 0 Å². The number of halogens is 4. The number of carbonyl (C=O) groups excluding carboxylic acids is 2. The molecule has 204 valence electrons. The molecule has 1 atom stereocenters. The molecule has 11 heteroatoms. The maximum Gasteiger partial charge on any atom is 0.281 e. The molecule has 0 radical (unpaired) electrons. The first-order chi connectivity index (χ1) is 18.6. The minimum Gasteiger partial charge on any atom is -0.370 e. The molecule has 1 saturated carbocycles. The lowest BCUT2D eigenvalue weighted by Crippen LogP contribution is -2.45. The molecule has 1 aromatic carbocycles. The summed E-state index contributed by atoms with van der Waals surface area (Å²) in [7, 11) is 0. The number of anilines is 1. The van der Waals surface area contributed by atoms with Crippen LogP contribution in [0.2, 0.25) is 5.02 Å². The van der Waals surface area contributed by atoms with Crippen LogP contribution in [0.3, 0.4) is 0 Å². The second-order valence-electron chi connectivity index (χ2n) is 10.0. The van der Waals surface area contributed by atoms with E-state index in [2.05, 4.69) is 15.3 Å². The SMILES string of the molecule is Cc1cccc2c1N(C[C@H]1CC[C@H](NC(=O)c3cc(Cl)cnc3C(F)F)CC1)C(=O)C2(O)c1ccc(F)cn1. The van der Waals surface area contributed by atoms with E-state index in [-0.39, 0.29) is 28.2 Å². The van der Waals surface area contributed by atoms with Crippen LogP contribution in [-0.2, 0) is 10.4 Å². The van der Waals surface area contributed by atoms with Crippen molar-refractivity contribution in [2.75, 3.05) is 11.4 Å². The van der Waals surface area contributed by atoms with Crippen LogP contribution in [0, 0.1) is 18.7 Å². The third-order valence-corrected chi connectivity index (χ3v) is 7.72. The number of fused-ring (bicyclic) bond motifs is 1. The number of benzene rings is 1. The summed E-state index contributed by atoms with van der Waals surface area (Å²) in [6.07, 6.45) is 1.64. The number of alkyl halides is 2. The van der Waals surface area contributed by atoms with Crippen LogP contribution in [0.1, 0.15) is 65.0 Å². The quantitative estimate of drug-likeness (QED) is 0.440. The van der Waals surface area contributed by atoms with Gasteiger partial charge in [-0.25, -0.2) is 13.2 Å². The third kappa shape index (κ3) is 4.98. The molecule has 39 heavy (non-hydrogen) atoms. The first kappa shape index (κ1) is 27.1. The first-order valence-electron chi connectivity index (χ1n) is 12.6. The highest BCUT2D eigenvalue weighted by Crippen LogP contribution is 2.46. The van der Waals surface area contributed by atoms with E-state index in [4.69, 9.17) is 11.6 Å². The molecular formula is C28H26ClF3N4O3. The van der Waals surface area contributed by atoms with E-state index in [1.54, 1.807) is 17.0 Å². The number of nitrogens with one attached hydrogen (secondary N) is 1. The number of aryl methyl sites for hydroxylation is 1. The Morgan fingerprint density at radius 1 is 1.18 bits per heavy atom. The Hall–Kier alpha value is -3.50. The van der Waals surface area contributed by atoms with E-state index in [9.17, 15) is 27.9 Å². The number of nitrogens with zero attached hydrogens (tertiary/aromatic N) is 3. The van der Waals surface area contributed by atoms with Gasteiger partial charge in [-0.05, 0) is 62.3 Å². The van der Waals surface area contributed by atoms with E-state index in [1.165, 1.54) is 12.1 Å². The van der Waals surface area contributed by atoms with E-state index in [0.717, 1.165) is 24.0 Å². The molecule has 1 unspecified atom stereocenters. The molecule has 1 fully saturated rings. The van der Waals surface area contributed by atoms with Crippen molar-refractivity contribution in [1.29, 1.82) is 0 Å². The Morgan fingerprint density at radius 2 is 1.92 bits per heavy atom. The number of rotatable bonds is 6. The number of para-hydroxylation sites is 1. The zero-order chi connectivity index (χ0) is 27.9. The third-order valence-electron chi connectivity index (χ3n) is 7.51. The second-order valence-corrected chi connectivity index (χ2v) is 10.5. The van der Waals surface area contributed by atoms with Crippen LogP contribution in [0.25, 0.3) is 0 Å². The van der Waals surface area contributed by atoms with Crippen molar-refractivity contribution < 1.29 is 27.9 Å². The van der Waals surface area contributed by atoms with Crippen molar-refractivity contribution in [3.05, 3.63) is 87.7 Å². The van der Waals surface area contributed by atoms with Gasteiger partial charge >= 0.3 is 0 Å². The van der Waals surface area contributed by atoms with Crippen LogP contribution < -0.4 is 10.2 Å². The predicted molar refractivity (Wildman–Crippen MR) is 138 cm³/mol. The monoisotopic (exact) mass is 558 g/mol. The van der Waals surface area contributed by atoms with Gasteiger partial charge in [-0.2, -0.15) is 0 Å². The lowest BCUT2D eigenvalue weighted by molar-refractivity contribution is -0.132. The number of hydrogen-bond acceptors (Lipinski definition) is 5. The van der Waals surface area contributed by atoms with Crippen molar-refractivity contribution in [3.8, 4) is 0 Å². The Morgan fingerprint density at radius 3 is 2.59 bits per heavy atom. The first-order valence-corrected chi connectivity index (χ1v) is 13.0. The van der Waals surface area contributed by atoms with Gasteiger partial charge in [-0.3, -0.25) is 19.6 Å². The van der Waals surface area contributed by atoms with Gasteiger partial charge < -0.3 is 15.3 Å². The van der Waals surface area contributed by atoms with Gasteiger partial charge in [0.1, 0.15) is 11.5 Å². The minimum absolute atomic E-state index is 0.0494. The molecule has 1 aliphatic heterocycles. The van der Waals surface area contributed by atoms with Gasteiger partial charge in [0.25, 0.3) is 18.2 Å². The number of pyridine rings is 2. The lowest BCUT2D eigenvalue weighted by Gasteiger charge is -2.32. The Balaban J connectivity index is 1.29. The van der Waals surface area contributed by atoms with Gasteiger partial charge in [0.2, 0.25) is 5.60 Å². The average molecular weight is 559 g/mol. The van der Waals surface area contributed by atoms with Gasteiger partial charge in [-0.1, -0.05) is 29.8 Å². The minimum atomic E-state index is -2.91. The maximum absolute atomic E-state index is 13.7. The van der Waals surface area contributed by atoms with Crippen LogP contribution in [0.15, 0.2) is 48.8 Å². The summed E-state index contributed by atoms with van der Waals surface area (Å²) in [6, 6.07) is 8.71. The topological polar surface area (TPSA) is 95.4 Å². The van der Waals surface area contributed by atoms with Crippen molar-refractivity contribution in [2.24, 2.45) is 5.92 Å². The molecule has 7 nitrogen and oxygen atoms in total. The van der Waals surface area contributed by atoms with Crippen molar-refractivity contribution >= 4 is 29.1 Å². The summed E-state index contributed by atoms with van der Waals surface area (Å²) in [4.78, 5) is 35.6. The van der Waals surface area contributed by atoms with Gasteiger partial charge in [0.15, 0.2) is 0 Å². The molecule has 2 amide bonds. The van der Waals surface area contributed by atoms with E-state index in [0.29, 0.717) is 43.5 Å². The molecule has 0 bridgehead atoms. The zero-order valence-electron chi connectivity index (χ0n) is 21.0. The summed E-state index contributed by atoms with van der Waals surface area (Å²) < 4.78 is 40.2. The molecule has 2 N–H and O–H groups in total.